The maximum Gasteiger partial charge on any atom is 0.309 e. The Balaban J connectivity index is 1.69. The van der Waals surface area contributed by atoms with Crippen LogP contribution >= 0.6 is 0 Å². The van der Waals surface area contributed by atoms with Crippen molar-refractivity contribution in [1.82, 2.24) is 4.90 Å². The van der Waals surface area contributed by atoms with Crippen LogP contribution in [-0.4, -0.2) is 43.7 Å². The first kappa shape index (κ1) is 27.0. The molecule has 7 heteroatoms. The molecule has 7 nitrogen and oxygen atoms in total. The van der Waals surface area contributed by atoms with E-state index in [9.17, 15) is 4.79 Å². The molecule has 0 spiro atoms. The molecule has 4 atom stereocenters. The Hall–Kier alpha value is -3.55. The lowest BCUT2D eigenvalue weighted by Crippen LogP contribution is -2.37. The molecule has 6 bridgehead atoms. The summed E-state index contributed by atoms with van der Waals surface area (Å²) in [6, 6.07) is 19.1. The first-order valence-electron chi connectivity index (χ1n) is 13.9. The number of para-hydroxylation sites is 1. The molecule has 0 saturated heterocycles. The number of nitrogens with two attached hydrogens (primary N) is 1. The van der Waals surface area contributed by atoms with E-state index in [2.05, 4.69) is 66.5 Å². The summed E-state index contributed by atoms with van der Waals surface area (Å²) in [5, 5.41) is 5.34. The lowest BCUT2D eigenvalue weighted by atomic mass is 9.78. The van der Waals surface area contributed by atoms with E-state index in [0.29, 0.717) is 13.2 Å². The number of aryl methyl sites for hydroxylation is 1. The Morgan fingerprint density at radius 2 is 1.92 bits per heavy atom. The summed E-state index contributed by atoms with van der Waals surface area (Å²) in [7, 11) is 1.85. The Labute approximate surface area is 231 Å². The fourth-order valence-corrected chi connectivity index (χ4v) is 6.01. The Bertz CT molecular complexity index is 1360. The zero-order chi connectivity index (χ0) is 27.7. The van der Waals surface area contributed by atoms with E-state index >= 15 is 0 Å². The Morgan fingerprint density at radius 3 is 2.69 bits per heavy atom. The molecular formula is C32H40N4O3. The summed E-state index contributed by atoms with van der Waals surface area (Å²) in [6.07, 6.45) is -0.0638. The third-order valence-corrected chi connectivity index (χ3v) is 8.11. The van der Waals surface area contributed by atoms with E-state index in [-0.39, 0.29) is 23.9 Å². The van der Waals surface area contributed by atoms with Crippen LogP contribution in [0.15, 0.2) is 54.6 Å². The second-order valence-electron chi connectivity index (χ2n) is 10.9. The largest absolute Gasteiger partial charge is 0.487 e. The van der Waals surface area contributed by atoms with E-state index in [4.69, 9.17) is 15.3 Å². The van der Waals surface area contributed by atoms with Crippen LogP contribution in [0.25, 0.3) is 0 Å². The number of anilines is 2. The quantitative estimate of drug-likeness (QED) is 0.276. The van der Waals surface area contributed by atoms with Gasteiger partial charge >= 0.3 is 5.97 Å². The summed E-state index contributed by atoms with van der Waals surface area (Å²) in [5.74, 6) is 6.51. The number of benzene rings is 3. The number of ether oxygens (including phenoxy) is 2. The van der Waals surface area contributed by atoms with Gasteiger partial charge in [-0.15, -0.1) is 0 Å². The second-order valence-corrected chi connectivity index (χ2v) is 10.9. The fourth-order valence-electron chi connectivity index (χ4n) is 6.01. The van der Waals surface area contributed by atoms with Gasteiger partial charge < -0.3 is 19.8 Å². The molecule has 3 unspecified atom stereocenters. The third kappa shape index (κ3) is 5.47. The summed E-state index contributed by atoms with van der Waals surface area (Å²) < 4.78 is 12.1. The lowest BCUT2D eigenvalue weighted by molar-refractivity contribution is -0.147. The topological polar surface area (TPSA) is 80.1 Å². The van der Waals surface area contributed by atoms with Gasteiger partial charge in [0.15, 0.2) is 0 Å². The fraction of sp³-hybridized carbons (Fsp3) is 0.406. The molecular weight excluding hydrogens is 488 g/mol. The molecule has 206 valence electrons. The van der Waals surface area contributed by atoms with Crippen molar-refractivity contribution in [2.75, 3.05) is 37.1 Å². The van der Waals surface area contributed by atoms with Crippen LogP contribution in [0.2, 0.25) is 0 Å². The molecule has 0 aliphatic carbocycles. The molecule has 2 aliphatic rings. The van der Waals surface area contributed by atoms with Crippen LogP contribution in [0.5, 0.6) is 5.75 Å². The van der Waals surface area contributed by atoms with Gasteiger partial charge in [-0.3, -0.25) is 9.69 Å². The molecule has 39 heavy (non-hydrogen) atoms. The Morgan fingerprint density at radius 1 is 1.15 bits per heavy atom. The number of carbonyl (C=O) groups is 1. The highest BCUT2D eigenvalue weighted by Gasteiger charge is 2.32. The van der Waals surface area contributed by atoms with E-state index < -0.39 is 0 Å². The van der Waals surface area contributed by atoms with Crippen molar-refractivity contribution in [3.63, 3.8) is 0 Å². The molecule has 0 aromatic heterocycles. The number of nitrogens with zero attached hydrogens (tertiary/aromatic N) is 2. The maximum absolute atomic E-state index is 13.1. The average Bonchev–Trinajstić information content (AvgIpc) is 3.08. The highest BCUT2D eigenvalue weighted by molar-refractivity contribution is 5.78. The van der Waals surface area contributed by atoms with Crippen LogP contribution in [0.1, 0.15) is 53.1 Å². The molecule has 0 saturated carbocycles. The lowest BCUT2D eigenvalue weighted by Gasteiger charge is -2.29. The van der Waals surface area contributed by atoms with Gasteiger partial charge in [0.2, 0.25) is 0 Å². The number of hydrogen-bond donors (Lipinski definition) is 2. The number of rotatable bonds is 4. The number of nitrogens with one attached hydrogen (secondary N) is 1. The monoisotopic (exact) mass is 528 g/mol. The van der Waals surface area contributed by atoms with Crippen LogP contribution in [0.4, 0.5) is 11.4 Å². The van der Waals surface area contributed by atoms with E-state index in [0.717, 1.165) is 53.4 Å². The minimum Gasteiger partial charge on any atom is -0.487 e. The summed E-state index contributed by atoms with van der Waals surface area (Å²) in [4.78, 5) is 15.6. The average molecular weight is 529 g/mol. The van der Waals surface area contributed by atoms with Crippen LogP contribution in [-0.2, 0) is 22.6 Å². The SMILES string of the molecule is CCOC(=O)C(C)[C@@H]1c2ccc(C)c(c2)CN2Cc3ccccc3OC(CNc3c(N(C)N)ccc1c3C)C2. The predicted molar refractivity (Wildman–Crippen MR) is 156 cm³/mol. The predicted octanol–water partition coefficient (Wildman–Crippen LogP) is 5.13. The van der Waals surface area contributed by atoms with Crippen molar-refractivity contribution >= 4 is 17.3 Å². The molecule has 0 radical (unpaired) electrons. The summed E-state index contributed by atoms with van der Waals surface area (Å²) in [6.45, 7) is 11.5. The number of carbonyl (C=O) groups excluding carboxylic acids is 1. The minimum atomic E-state index is -0.364. The van der Waals surface area contributed by atoms with Crippen molar-refractivity contribution < 1.29 is 14.3 Å². The third-order valence-electron chi connectivity index (χ3n) is 8.11. The van der Waals surface area contributed by atoms with E-state index in [1.807, 2.05) is 33.0 Å². The van der Waals surface area contributed by atoms with Crippen molar-refractivity contribution in [2.45, 2.75) is 52.8 Å². The van der Waals surface area contributed by atoms with Gasteiger partial charge in [-0.2, -0.15) is 0 Å². The maximum atomic E-state index is 13.1. The smallest absolute Gasteiger partial charge is 0.309 e. The number of hydrazine groups is 1. The highest BCUT2D eigenvalue weighted by Crippen LogP contribution is 2.41. The zero-order valence-electron chi connectivity index (χ0n) is 23.7. The molecule has 3 N–H and O–H groups in total. The van der Waals surface area contributed by atoms with Crippen molar-refractivity contribution in [1.29, 1.82) is 0 Å². The first-order valence-corrected chi connectivity index (χ1v) is 13.9. The second kappa shape index (κ2) is 11.3. The van der Waals surface area contributed by atoms with Crippen LogP contribution in [0, 0.1) is 19.8 Å². The van der Waals surface area contributed by atoms with E-state index in [1.165, 1.54) is 16.7 Å². The summed E-state index contributed by atoms with van der Waals surface area (Å²) >= 11 is 0. The van der Waals surface area contributed by atoms with Gasteiger partial charge in [-0.25, -0.2) is 5.84 Å². The number of fused-ring (bicyclic) bond motifs is 7. The molecule has 3 aromatic carbocycles. The van der Waals surface area contributed by atoms with Gasteiger partial charge in [0, 0.05) is 38.2 Å². The van der Waals surface area contributed by atoms with Gasteiger partial charge in [0.05, 0.1) is 30.4 Å². The number of hydrogen-bond acceptors (Lipinski definition) is 7. The van der Waals surface area contributed by atoms with Crippen LogP contribution in [0.3, 0.4) is 0 Å². The van der Waals surface area contributed by atoms with Gasteiger partial charge in [0.1, 0.15) is 11.9 Å². The van der Waals surface area contributed by atoms with Crippen molar-refractivity contribution in [3.05, 3.63) is 88.0 Å². The standard InChI is InChI=1S/C32H40N4O3/c1-6-38-32(37)22(4)30-23-12-11-20(2)25(15-23)18-36-17-24-9-7-8-10-29(24)39-26(19-36)16-34-31-21(3)27(30)13-14-28(31)35(5)33/h7-15,22,26,30,34H,6,16-19,33H2,1-5H3/t22?,26?,30-/m1/s1. The first-order chi connectivity index (χ1) is 18.8. The molecule has 2 heterocycles. The molecule has 0 fully saturated rings. The minimum absolute atomic E-state index is 0.0638. The van der Waals surface area contributed by atoms with Gasteiger partial charge in [-0.1, -0.05) is 49.4 Å². The molecule has 2 aliphatic heterocycles. The van der Waals surface area contributed by atoms with Crippen molar-refractivity contribution in [2.24, 2.45) is 11.8 Å². The Kier molecular flexibility index (Phi) is 7.82. The van der Waals surface area contributed by atoms with Crippen LogP contribution < -0.4 is 20.9 Å². The van der Waals surface area contributed by atoms with Gasteiger partial charge in [-0.05, 0) is 60.7 Å². The van der Waals surface area contributed by atoms with E-state index in [1.54, 1.807) is 5.01 Å². The molecule has 5 rings (SSSR count). The number of esters is 1. The van der Waals surface area contributed by atoms with Gasteiger partial charge in [0.25, 0.3) is 0 Å². The summed E-state index contributed by atoms with van der Waals surface area (Å²) in [5.41, 5.74) is 8.80. The molecule has 3 aromatic rings. The normalized spacial score (nSPS) is 20.9. The highest BCUT2D eigenvalue weighted by atomic mass is 16.5. The molecule has 0 amide bonds. The zero-order valence-corrected chi connectivity index (χ0v) is 23.7. The van der Waals surface area contributed by atoms with Crippen molar-refractivity contribution in [3.8, 4) is 5.75 Å².